The highest BCUT2D eigenvalue weighted by molar-refractivity contribution is 5.67. The van der Waals surface area contributed by atoms with Gasteiger partial charge in [0.2, 0.25) is 0 Å². The van der Waals surface area contributed by atoms with Gasteiger partial charge >= 0.3 is 5.97 Å². The van der Waals surface area contributed by atoms with Gasteiger partial charge in [0.25, 0.3) is 0 Å². The largest absolute Gasteiger partial charge is 0.481 e. The van der Waals surface area contributed by atoms with Gasteiger partial charge in [0.1, 0.15) is 0 Å². The Labute approximate surface area is 89.6 Å². The van der Waals surface area contributed by atoms with E-state index in [-0.39, 0.29) is 17.6 Å². The van der Waals surface area contributed by atoms with E-state index in [9.17, 15) is 4.79 Å². The molecule has 2 aliphatic rings. The second kappa shape index (κ2) is 3.76. The molecule has 4 nitrogen and oxygen atoms in total. The van der Waals surface area contributed by atoms with Crippen LogP contribution in [0.4, 0.5) is 0 Å². The number of aliphatic carboxylic acids is 1. The van der Waals surface area contributed by atoms with E-state index in [4.69, 9.17) is 14.6 Å². The fourth-order valence-electron chi connectivity index (χ4n) is 2.56. The first-order valence-electron chi connectivity index (χ1n) is 5.53. The molecule has 1 saturated heterocycles. The van der Waals surface area contributed by atoms with Crippen LogP contribution in [-0.2, 0) is 14.3 Å². The Balaban J connectivity index is 1.93. The van der Waals surface area contributed by atoms with E-state index < -0.39 is 5.97 Å². The Morgan fingerprint density at radius 1 is 1.20 bits per heavy atom. The first kappa shape index (κ1) is 10.9. The molecule has 0 amide bonds. The maximum atomic E-state index is 10.7. The van der Waals surface area contributed by atoms with Crippen LogP contribution in [0.2, 0.25) is 0 Å². The van der Waals surface area contributed by atoms with Gasteiger partial charge in [0.05, 0.1) is 19.6 Å². The zero-order valence-corrected chi connectivity index (χ0v) is 9.12. The number of hydrogen-bond donors (Lipinski definition) is 1. The van der Waals surface area contributed by atoms with Crippen LogP contribution in [0.1, 0.15) is 39.0 Å². The average Bonchev–Trinajstić information content (AvgIpc) is 2.59. The molecule has 1 heterocycles. The number of carboxylic acid groups (broad SMARTS) is 1. The molecule has 1 spiro atoms. The van der Waals surface area contributed by atoms with E-state index in [2.05, 4.69) is 0 Å². The van der Waals surface area contributed by atoms with Gasteiger partial charge in [-0.05, 0) is 18.3 Å². The monoisotopic (exact) mass is 214 g/mol. The molecular formula is C11H18O4. The molecule has 2 fully saturated rings. The molecule has 0 aromatic heterocycles. The van der Waals surface area contributed by atoms with Crippen molar-refractivity contribution in [3.05, 3.63) is 0 Å². The third-order valence-electron chi connectivity index (χ3n) is 3.61. The molecule has 1 aliphatic heterocycles. The first-order valence-corrected chi connectivity index (χ1v) is 5.53. The minimum absolute atomic E-state index is 0.0770. The quantitative estimate of drug-likeness (QED) is 0.761. The number of hydrogen-bond acceptors (Lipinski definition) is 3. The summed E-state index contributed by atoms with van der Waals surface area (Å²) in [6, 6.07) is 0. The Hall–Kier alpha value is -0.610. The molecule has 2 rings (SSSR count). The van der Waals surface area contributed by atoms with E-state index in [0.29, 0.717) is 13.2 Å². The molecule has 1 N–H and O–H groups in total. The number of carbonyl (C=O) groups is 1. The highest BCUT2D eigenvalue weighted by Gasteiger charge is 2.44. The zero-order valence-electron chi connectivity index (χ0n) is 9.12. The molecule has 4 heteroatoms. The molecule has 0 aromatic carbocycles. The van der Waals surface area contributed by atoms with Gasteiger partial charge in [-0.1, -0.05) is 6.92 Å². The lowest BCUT2D eigenvalue weighted by Crippen LogP contribution is -2.39. The van der Waals surface area contributed by atoms with Gasteiger partial charge in [-0.25, -0.2) is 0 Å². The van der Waals surface area contributed by atoms with Crippen molar-refractivity contribution < 1.29 is 19.4 Å². The fraction of sp³-hybridized carbons (Fsp3) is 0.909. The normalized spacial score (nSPS) is 28.1. The second-order valence-electron chi connectivity index (χ2n) is 4.99. The molecule has 15 heavy (non-hydrogen) atoms. The minimum Gasteiger partial charge on any atom is -0.481 e. The smallest absolute Gasteiger partial charge is 0.303 e. The van der Waals surface area contributed by atoms with Crippen molar-refractivity contribution >= 4 is 5.97 Å². The Bertz CT molecular complexity index is 245. The van der Waals surface area contributed by atoms with Crippen molar-refractivity contribution in [2.24, 2.45) is 5.41 Å². The molecule has 0 aromatic rings. The van der Waals surface area contributed by atoms with Crippen molar-refractivity contribution in [3.8, 4) is 0 Å². The van der Waals surface area contributed by atoms with E-state index in [1.165, 1.54) is 0 Å². The fourth-order valence-corrected chi connectivity index (χ4v) is 2.56. The highest BCUT2D eigenvalue weighted by Crippen LogP contribution is 2.46. The summed E-state index contributed by atoms with van der Waals surface area (Å²) < 4.78 is 11.2. The second-order valence-corrected chi connectivity index (χ2v) is 4.99. The van der Waals surface area contributed by atoms with Crippen molar-refractivity contribution in [3.63, 3.8) is 0 Å². The Morgan fingerprint density at radius 2 is 1.73 bits per heavy atom. The summed E-state index contributed by atoms with van der Waals surface area (Å²) in [5, 5.41) is 8.83. The first-order chi connectivity index (χ1) is 7.04. The topological polar surface area (TPSA) is 55.8 Å². The number of carboxylic acids is 1. The minimum atomic E-state index is -0.707. The van der Waals surface area contributed by atoms with Crippen LogP contribution < -0.4 is 0 Å². The van der Waals surface area contributed by atoms with Crippen LogP contribution in [-0.4, -0.2) is 30.1 Å². The predicted octanol–water partition coefficient (Wildman–Crippen LogP) is 1.78. The van der Waals surface area contributed by atoms with Crippen molar-refractivity contribution in [2.45, 2.75) is 44.8 Å². The average molecular weight is 214 g/mol. The van der Waals surface area contributed by atoms with E-state index in [1.54, 1.807) is 0 Å². The molecular weight excluding hydrogens is 196 g/mol. The lowest BCUT2D eigenvalue weighted by atomic mass is 9.71. The molecule has 0 bridgehead atoms. The molecule has 0 radical (unpaired) electrons. The molecule has 0 atom stereocenters. The zero-order chi connectivity index (χ0) is 10.9. The van der Waals surface area contributed by atoms with Crippen LogP contribution in [0.15, 0.2) is 0 Å². The highest BCUT2D eigenvalue weighted by atomic mass is 16.7. The number of ether oxygens (including phenoxy) is 2. The summed E-state index contributed by atoms with van der Waals surface area (Å²) in [5.74, 6) is -1.08. The Morgan fingerprint density at radius 3 is 2.20 bits per heavy atom. The van der Waals surface area contributed by atoms with Crippen LogP contribution in [0.25, 0.3) is 0 Å². The maximum Gasteiger partial charge on any atom is 0.303 e. The third kappa shape index (κ3) is 2.32. The SMILES string of the molecule is CC1(CC(=O)O)CCC2(CC1)OCCO2. The van der Waals surface area contributed by atoms with Crippen LogP contribution >= 0.6 is 0 Å². The van der Waals surface area contributed by atoms with Crippen LogP contribution in [0, 0.1) is 5.41 Å². The summed E-state index contributed by atoms with van der Waals surface area (Å²) in [5.41, 5.74) is -0.0770. The van der Waals surface area contributed by atoms with E-state index in [0.717, 1.165) is 25.7 Å². The summed E-state index contributed by atoms with van der Waals surface area (Å²) >= 11 is 0. The van der Waals surface area contributed by atoms with E-state index in [1.807, 2.05) is 6.92 Å². The van der Waals surface area contributed by atoms with Gasteiger partial charge in [-0.15, -0.1) is 0 Å². The van der Waals surface area contributed by atoms with Crippen molar-refractivity contribution in [2.75, 3.05) is 13.2 Å². The van der Waals surface area contributed by atoms with Gasteiger partial charge in [0, 0.05) is 12.8 Å². The van der Waals surface area contributed by atoms with Crippen LogP contribution in [0.5, 0.6) is 0 Å². The van der Waals surface area contributed by atoms with E-state index >= 15 is 0 Å². The third-order valence-corrected chi connectivity index (χ3v) is 3.61. The standard InChI is InChI=1S/C11H18O4/c1-10(8-9(12)13)2-4-11(5-3-10)14-6-7-15-11/h2-8H2,1H3,(H,12,13). The summed E-state index contributed by atoms with van der Waals surface area (Å²) in [6.07, 6.45) is 3.66. The molecule has 86 valence electrons. The predicted molar refractivity (Wildman–Crippen MR) is 53.5 cm³/mol. The van der Waals surface area contributed by atoms with Gasteiger partial charge in [-0.3, -0.25) is 4.79 Å². The lowest BCUT2D eigenvalue weighted by Gasteiger charge is -2.40. The van der Waals surface area contributed by atoms with Crippen molar-refractivity contribution in [1.29, 1.82) is 0 Å². The van der Waals surface area contributed by atoms with Gasteiger partial charge < -0.3 is 14.6 Å². The van der Waals surface area contributed by atoms with Crippen molar-refractivity contribution in [1.82, 2.24) is 0 Å². The van der Waals surface area contributed by atoms with Gasteiger partial charge in [0.15, 0.2) is 5.79 Å². The lowest BCUT2D eigenvalue weighted by molar-refractivity contribution is -0.192. The summed E-state index contributed by atoms with van der Waals surface area (Å²) in [4.78, 5) is 10.7. The molecule has 0 unspecified atom stereocenters. The number of rotatable bonds is 2. The van der Waals surface area contributed by atoms with Gasteiger partial charge in [-0.2, -0.15) is 0 Å². The summed E-state index contributed by atoms with van der Waals surface area (Å²) in [6.45, 7) is 3.40. The van der Waals surface area contributed by atoms with Crippen LogP contribution in [0.3, 0.4) is 0 Å². The Kier molecular flexibility index (Phi) is 2.73. The summed E-state index contributed by atoms with van der Waals surface area (Å²) in [7, 11) is 0. The molecule has 1 saturated carbocycles. The maximum absolute atomic E-state index is 10.7. The molecule has 1 aliphatic carbocycles.